The van der Waals surface area contributed by atoms with Gasteiger partial charge in [-0.2, -0.15) is 0 Å². The number of esters is 1. The fourth-order valence-electron chi connectivity index (χ4n) is 3.86. The van der Waals surface area contributed by atoms with E-state index in [1.807, 2.05) is 20.8 Å². The first-order chi connectivity index (χ1) is 23.5. The monoisotopic (exact) mass is 708 g/mol. The van der Waals surface area contributed by atoms with E-state index in [2.05, 4.69) is 29.2 Å². The number of benzene rings is 2. The second-order valence-corrected chi connectivity index (χ2v) is 12.1. The van der Waals surface area contributed by atoms with Crippen LogP contribution in [0.5, 0.6) is 0 Å². The van der Waals surface area contributed by atoms with Crippen molar-refractivity contribution in [2.45, 2.75) is 40.2 Å². The molecule has 0 aliphatic rings. The Morgan fingerprint density at radius 1 is 1.02 bits per heavy atom. The van der Waals surface area contributed by atoms with Crippen molar-refractivity contribution in [1.29, 1.82) is 0 Å². The number of anilines is 1. The third-order valence-corrected chi connectivity index (χ3v) is 6.55. The fraction of sp³-hybridized carbons (Fsp3) is 0.278. The molecule has 268 valence electrons. The minimum Gasteiger partial charge on any atom is -0.465 e. The van der Waals surface area contributed by atoms with Gasteiger partial charge >= 0.3 is 5.97 Å². The van der Waals surface area contributed by atoms with E-state index in [1.54, 1.807) is 61.5 Å². The molecule has 0 saturated carbocycles. The number of rotatable bonds is 14. The van der Waals surface area contributed by atoms with Crippen molar-refractivity contribution in [2.24, 2.45) is 11.1 Å². The molecule has 2 rings (SSSR count). The number of ether oxygens (including phenoxy) is 1. The van der Waals surface area contributed by atoms with E-state index in [9.17, 15) is 28.8 Å². The number of hydrazine groups is 1. The number of carbonyl (C=O) groups excluding carboxylic acids is 6. The third kappa shape index (κ3) is 16.4. The number of halogens is 1. The molecule has 50 heavy (non-hydrogen) atoms. The molecule has 0 radical (unpaired) electrons. The lowest BCUT2D eigenvalue weighted by molar-refractivity contribution is -0.151. The summed E-state index contributed by atoms with van der Waals surface area (Å²) in [5.41, 5.74) is 14.4. The van der Waals surface area contributed by atoms with Crippen molar-refractivity contribution in [2.75, 3.05) is 25.4 Å². The quantitative estimate of drug-likeness (QED) is 0.0642. The summed E-state index contributed by atoms with van der Waals surface area (Å²) in [6.45, 7) is 14.1. The molecule has 0 aliphatic carbocycles. The van der Waals surface area contributed by atoms with Crippen LogP contribution in [0.1, 0.15) is 56.1 Å². The zero-order valence-electron chi connectivity index (χ0n) is 28.7. The molecule has 0 bridgehead atoms. The van der Waals surface area contributed by atoms with Gasteiger partial charge in [-0.1, -0.05) is 94.1 Å². The topological polar surface area (TPSA) is 203 Å². The largest absolute Gasteiger partial charge is 0.465 e. The highest BCUT2D eigenvalue weighted by molar-refractivity contribution is 6.33. The van der Waals surface area contributed by atoms with E-state index in [0.29, 0.717) is 27.4 Å². The van der Waals surface area contributed by atoms with Crippen LogP contribution in [0.4, 0.5) is 5.69 Å². The Morgan fingerprint density at radius 2 is 1.68 bits per heavy atom. The Balaban J connectivity index is 0.000000957. The van der Waals surface area contributed by atoms with Crippen LogP contribution in [0.25, 0.3) is 0 Å². The van der Waals surface area contributed by atoms with Gasteiger partial charge in [0.2, 0.25) is 17.7 Å². The number of nitrogens with one attached hydrogen (secondary N) is 3. The molecule has 5 amide bonds. The normalized spacial score (nSPS) is 11.6. The molecule has 14 heteroatoms. The Morgan fingerprint density at radius 3 is 2.22 bits per heavy atom. The molecule has 0 heterocycles. The van der Waals surface area contributed by atoms with E-state index in [1.165, 1.54) is 12.1 Å². The average molecular weight is 709 g/mol. The van der Waals surface area contributed by atoms with Crippen LogP contribution in [-0.4, -0.2) is 60.2 Å². The van der Waals surface area contributed by atoms with Crippen molar-refractivity contribution in [3.05, 3.63) is 114 Å². The van der Waals surface area contributed by atoms with Crippen LogP contribution < -0.4 is 27.5 Å². The van der Waals surface area contributed by atoms with E-state index in [4.69, 9.17) is 27.8 Å². The first kappa shape index (κ1) is 42.3. The highest BCUT2D eigenvalue weighted by Crippen LogP contribution is 2.21. The molecular formula is C36H45ClN6O7. The maximum atomic E-state index is 13.3. The lowest BCUT2D eigenvalue weighted by Gasteiger charge is -2.26. The van der Waals surface area contributed by atoms with Crippen LogP contribution in [0, 0.1) is 5.41 Å². The van der Waals surface area contributed by atoms with Gasteiger partial charge < -0.3 is 26.8 Å². The molecule has 0 fully saturated rings. The number of hydrogen-bond acceptors (Lipinski definition) is 8. The van der Waals surface area contributed by atoms with Crippen molar-refractivity contribution >= 4 is 52.8 Å². The molecule has 0 aliphatic heterocycles. The van der Waals surface area contributed by atoms with Crippen LogP contribution in [0.3, 0.4) is 0 Å². The van der Waals surface area contributed by atoms with E-state index in [-0.39, 0.29) is 30.9 Å². The Labute approximate surface area is 297 Å². The van der Waals surface area contributed by atoms with Gasteiger partial charge in [0.1, 0.15) is 12.6 Å². The van der Waals surface area contributed by atoms with Crippen LogP contribution in [0.15, 0.2) is 97.6 Å². The third-order valence-electron chi connectivity index (χ3n) is 6.22. The molecule has 1 unspecified atom stereocenters. The summed E-state index contributed by atoms with van der Waals surface area (Å²) < 4.78 is 4.91. The number of nitrogens with two attached hydrogens (primary N) is 2. The van der Waals surface area contributed by atoms with Gasteiger partial charge in [0.15, 0.2) is 0 Å². The zero-order chi connectivity index (χ0) is 37.9. The predicted octanol–water partition coefficient (Wildman–Crippen LogP) is 3.69. The first-order valence-corrected chi connectivity index (χ1v) is 15.8. The molecule has 7 N–H and O–H groups in total. The number of hydrogen-bond donors (Lipinski definition) is 5. The Hall–Kier alpha value is -5.69. The number of nitrogens with zero attached hydrogens (tertiary/aromatic N) is 1. The van der Waals surface area contributed by atoms with Gasteiger partial charge in [-0.25, -0.2) is 5.01 Å². The number of nitrogen functional groups attached to an aromatic ring is 1. The molecule has 2 aromatic carbocycles. The summed E-state index contributed by atoms with van der Waals surface area (Å²) in [6, 6.07) is 11.8. The molecule has 0 spiro atoms. The number of allylic oxidation sites excluding steroid dienone is 2. The van der Waals surface area contributed by atoms with Gasteiger partial charge in [-0.15, -0.1) is 0 Å². The lowest BCUT2D eigenvalue weighted by Crippen LogP contribution is -2.52. The highest BCUT2D eigenvalue weighted by atomic mass is 35.5. The number of carbonyl (C=O) groups is 6. The summed E-state index contributed by atoms with van der Waals surface area (Å²) in [6.07, 6.45) is 6.81. The summed E-state index contributed by atoms with van der Waals surface area (Å²) in [5.74, 6) is -3.85. The number of amides is 5. The van der Waals surface area contributed by atoms with Crippen molar-refractivity contribution in [1.82, 2.24) is 21.1 Å². The summed E-state index contributed by atoms with van der Waals surface area (Å²) in [4.78, 5) is 73.8. The Kier molecular flexibility index (Phi) is 18.0. The zero-order valence-corrected chi connectivity index (χ0v) is 29.4. The summed E-state index contributed by atoms with van der Waals surface area (Å²) >= 11 is 5.63. The van der Waals surface area contributed by atoms with Gasteiger partial charge in [-0.3, -0.25) is 34.2 Å². The van der Waals surface area contributed by atoms with Gasteiger partial charge in [0.05, 0.1) is 17.3 Å². The minimum absolute atomic E-state index is 0.0619. The number of primary amides is 1. The highest BCUT2D eigenvalue weighted by Gasteiger charge is 2.28. The molecule has 0 aromatic heterocycles. The van der Waals surface area contributed by atoms with Gasteiger partial charge in [0.25, 0.3) is 11.8 Å². The second kappa shape index (κ2) is 21.3. The first-order valence-electron chi connectivity index (χ1n) is 15.4. The molecule has 1 atom stereocenters. The molecule has 13 nitrogen and oxygen atoms in total. The molecule has 0 saturated heterocycles. The van der Waals surface area contributed by atoms with E-state index < -0.39 is 42.2 Å². The van der Waals surface area contributed by atoms with Crippen LogP contribution >= 0.6 is 11.6 Å². The van der Waals surface area contributed by atoms with Crippen molar-refractivity contribution in [3.8, 4) is 0 Å². The predicted molar refractivity (Wildman–Crippen MR) is 193 cm³/mol. The SMILES string of the molecule is C=C/C=C(\C=C)CNC(=O)/C=C/C(=O)N(CC(=O)OCC)NC(=O)C(NC(=O)CC(C)(C)C)c1ccccc1.NC(=O)c1ccc(N)c(Cl)c1. The fourth-order valence-corrected chi connectivity index (χ4v) is 4.04. The van der Waals surface area contributed by atoms with E-state index >= 15 is 0 Å². The van der Waals surface area contributed by atoms with E-state index in [0.717, 1.165) is 17.2 Å². The summed E-state index contributed by atoms with van der Waals surface area (Å²) in [5, 5.41) is 6.36. The maximum absolute atomic E-state index is 13.3. The average Bonchev–Trinajstić information content (AvgIpc) is 3.05. The molecular weight excluding hydrogens is 664 g/mol. The molecule has 2 aromatic rings. The lowest BCUT2D eigenvalue weighted by atomic mass is 9.91. The second-order valence-electron chi connectivity index (χ2n) is 11.7. The summed E-state index contributed by atoms with van der Waals surface area (Å²) in [7, 11) is 0. The van der Waals surface area contributed by atoms with Crippen molar-refractivity contribution < 1.29 is 33.5 Å². The van der Waals surface area contributed by atoms with Crippen LogP contribution in [0.2, 0.25) is 5.02 Å². The smallest absolute Gasteiger partial charge is 0.327 e. The van der Waals surface area contributed by atoms with Gasteiger partial charge in [0, 0.05) is 30.7 Å². The maximum Gasteiger partial charge on any atom is 0.327 e. The van der Waals surface area contributed by atoms with Crippen LogP contribution in [-0.2, 0) is 28.7 Å². The van der Waals surface area contributed by atoms with Gasteiger partial charge in [-0.05, 0) is 41.7 Å². The standard InChI is InChI=1S/C29H38N4O6.C7H7ClN2O/c1-7-13-21(8-2)19-30-23(34)16-17-25(36)33(20-26(37)39-9-3)32-28(38)27(22-14-11-10-12-15-22)31-24(35)18-29(4,5)6;8-5-3-4(7(10)11)1-2-6(5)9/h7-8,10-17,27H,1-2,9,18-20H2,3-6H3,(H,30,34)(H,31,35)(H,32,38);1-3H,9H2,(H2,10,11)/b17-16+,21-13+;. The minimum atomic E-state index is -1.15. The van der Waals surface area contributed by atoms with Crippen molar-refractivity contribution in [3.63, 3.8) is 0 Å². The Bertz CT molecular complexity index is 1600.